The number of hydrogen-bond acceptors (Lipinski definition) is 3. The van der Waals surface area contributed by atoms with Crippen LogP contribution in [0.2, 0.25) is 0 Å². The van der Waals surface area contributed by atoms with E-state index in [2.05, 4.69) is 20.8 Å². The Labute approximate surface area is 121 Å². The number of methoxy groups -OCH3 is 1. The van der Waals surface area contributed by atoms with Crippen molar-refractivity contribution in [2.45, 2.75) is 20.8 Å². The van der Waals surface area contributed by atoms with E-state index in [4.69, 9.17) is 9.47 Å². The SMILES string of the molecule is CC1COC1.COc1ccc(N(C=O)CC(C)C)cc1. The molecule has 0 radical (unpaired) electrons. The molecule has 1 aliphatic heterocycles. The second kappa shape index (κ2) is 8.59. The Morgan fingerprint density at radius 1 is 1.35 bits per heavy atom. The second-order valence-corrected chi connectivity index (χ2v) is 5.49. The van der Waals surface area contributed by atoms with Gasteiger partial charge in [0.25, 0.3) is 0 Å². The topological polar surface area (TPSA) is 38.8 Å². The minimum absolute atomic E-state index is 0.456. The first kappa shape index (κ1) is 16.5. The van der Waals surface area contributed by atoms with E-state index < -0.39 is 0 Å². The average molecular weight is 279 g/mol. The maximum atomic E-state index is 10.9. The highest BCUT2D eigenvalue weighted by molar-refractivity contribution is 5.75. The standard InChI is InChI=1S/C12H17NO2.C4H8O/c1-10(2)8-13(9-14)11-4-6-12(15-3)7-5-11;1-4-2-5-3-4/h4-7,9-10H,8H2,1-3H3;4H,2-3H2,1H3. The van der Waals surface area contributed by atoms with Crippen molar-refractivity contribution >= 4 is 12.1 Å². The van der Waals surface area contributed by atoms with Gasteiger partial charge in [-0.3, -0.25) is 4.79 Å². The molecule has 112 valence electrons. The molecule has 4 heteroatoms. The van der Waals surface area contributed by atoms with Crippen LogP contribution in [0.3, 0.4) is 0 Å². The molecule has 2 rings (SSSR count). The molecule has 0 spiro atoms. The molecule has 0 N–H and O–H groups in total. The van der Waals surface area contributed by atoms with Gasteiger partial charge in [-0.25, -0.2) is 0 Å². The van der Waals surface area contributed by atoms with Crippen LogP contribution in [0.15, 0.2) is 24.3 Å². The van der Waals surface area contributed by atoms with Gasteiger partial charge in [0.05, 0.1) is 20.3 Å². The minimum atomic E-state index is 0.456. The van der Waals surface area contributed by atoms with Crippen LogP contribution in [0, 0.1) is 11.8 Å². The van der Waals surface area contributed by atoms with Crippen molar-refractivity contribution in [1.29, 1.82) is 0 Å². The lowest BCUT2D eigenvalue weighted by Gasteiger charge is -2.20. The van der Waals surface area contributed by atoms with Crippen LogP contribution in [0.25, 0.3) is 0 Å². The van der Waals surface area contributed by atoms with Gasteiger partial charge in [0.15, 0.2) is 0 Å². The second-order valence-electron chi connectivity index (χ2n) is 5.49. The van der Waals surface area contributed by atoms with Gasteiger partial charge in [0, 0.05) is 18.2 Å². The number of carbonyl (C=O) groups excluding carboxylic acids is 1. The van der Waals surface area contributed by atoms with Crippen molar-refractivity contribution in [1.82, 2.24) is 0 Å². The van der Waals surface area contributed by atoms with E-state index in [-0.39, 0.29) is 0 Å². The molecule has 0 saturated carbocycles. The Morgan fingerprint density at radius 3 is 2.20 bits per heavy atom. The lowest BCUT2D eigenvalue weighted by molar-refractivity contribution is -0.107. The number of carbonyl (C=O) groups is 1. The molecule has 1 aromatic rings. The van der Waals surface area contributed by atoms with Crippen molar-refractivity contribution < 1.29 is 14.3 Å². The summed E-state index contributed by atoms with van der Waals surface area (Å²) in [6, 6.07) is 7.48. The van der Waals surface area contributed by atoms with E-state index in [1.165, 1.54) is 0 Å². The van der Waals surface area contributed by atoms with Gasteiger partial charge in [-0.15, -0.1) is 0 Å². The predicted octanol–water partition coefficient (Wildman–Crippen LogP) is 2.97. The monoisotopic (exact) mass is 279 g/mol. The molecular formula is C16H25NO3. The zero-order valence-electron chi connectivity index (χ0n) is 12.8. The van der Waals surface area contributed by atoms with Crippen molar-refractivity contribution in [3.05, 3.63) is 24.3 Å². The molecule has 1 amide bonds. The highest BCUT2D eigenvalue weighted by Gasteiger charge is 2.10. The maximum Gasteiger partial charge on any atom is 0.214 e. The Balaban J connectivity index is 0.000000333. The van der Waals surface area contributed by atoms with E-state index in [0.717, 1.165) is 43.5 Å². The molecular weight excluding hydrogens is 254 g/mol. The Hall–Kier alpha value is -1.55. The summed E-state index contributed by atoms with van der Waals surface area (Å²) in [4.78, 5) is 12.6. The number of hydrogen-bond donors (Lipinski definition) is 0. The van der Waals surface area contributed by atoms with Crippen molar-refractivity contribution in [3.8, 4) is 5.75 Å². The summed E-state index contributed by atoms with van der Waals surface area (Å²) in [6.07, 6.45) is 0.863. The molecule has 1 aliphatic rings. The number of anilines is 1. The summed E-state index contributed by atoms with van der Waals surface area (Å²) in [6.45, 7) is 9.05. The minimum Gasteiger partial charge on any atom is -0.497 e. The number of rotatable bonds is 5. The van der Waals surface area contributed by atoms with Crippen molar-refractivity contribution in [2.75, 3.05) is 31.8 Å². The summed E-state index contributed by atoms with van der Waals surface area (Å²) >= 11 is 0. The van der Waals surface area contributed by atoms with E-state index in [9.17, 15) is 4.79 Å². The van der Waals surface area contributed by atoms with Crippen LogP contribution in [-0.2, 0) is 9.53 Å². The van der Waals surface area contributed by atoms with Crippen LogP contribution in [0.5, 0.6) is 5.75 Å². The molecule has 0 unspecified atom stereocenters. The smallest absolute Gasteiger partial charge is 0.214 e. The van der Waals surface area contributed by atoms with Crippen molar-refractivity contribution in [2.24, 2.45) is 11.8 Å². The molecule has 1 aromatic carbocycles. The normalized spacial score (nSPS) is 14.1. The van der Waals surface area contributed by atoms with Gasteiger partial charge >= 0.3 is 0 Å². The molecule has 0 aromatic heterocycles. The fourth-order valence-corrected chi connectivity index (χ4v) is 1.73. The zero-order chi connectivity index (χ0) is 15.0. The lowest BCUT2D eigenvalue weighted by atomic mass is 10.2. The third kappa shape index (κ3) is 5.61. The van der Waals surface area contributed by atoms with Gasteiger partial charge in [0.2, 0.25) is 6.41 Å². The van der Waals surface area contributed by atoms with Gasteiger partial charge in [-0.05, 0) is 30.2 Å². The predicted molar refractivity (Wildman–Crippen MR) is 81.2 cm³/mol. The quantitative estimate of drug-likeness (QED) is 0.778. The fourth-order valence-electron chi connectivity index (χ4n) is 1.73. The first-order chi connectivity index (χ1) is 9.56. The highest BCUT2D eigenvalue weighted by atomic mass is 16.5. The molecule has 1 heterocycles. The first-order valence-corrected chi connectivity index (χ1v) is 7.00. The van der Waals surface area contributed by atoms with Crippen molar-refractivity contribution in [3.63, 3.8) is 0 Å². The first-order valence-electron chi connectivity index (χ1n) is 7.00. The largest absolute Gasteiger partial charge is 0.497 e. The van der Waals surface area contributed by atoms with Crippen LogP contribution in [-0.4, -0.2) is 33.3 Å². The summed E-state index contributed by atoms with van der Waals surface area (Å²) in [7, 11) is 1.63. The number of amides is 1. The van der Waals surface area contributed by atoms with Gasteiger partial charge in [0.1, 0.15) is 5.75 Å². The summed E-state index contributed by atoms with van der Waals surface area (Å²) in [5.74, 6) is 2.10. The van der Waals surface area contributed by atoms with Crippen LogP contribution in [0.4, 0.5) is 5.69 Å². The van der Waals surface area contributed by atoms with Crippen LogP contribution >= 0.6 is 0 Å². The summed E-state index contributed by atoms with van der Waals surface area (Å²) < 4.78 is 9.89. The number of nitrogens with zero attached hydrogens (tertiary/aromatic N) is 1. The fraction of sp³-hybridized carbons (Fsp3) is 0.562. The van der Waals surface area contributed by atoms with Gasteiger partial charge in [-0.2, -0.15) is 0 Å². The Bertz CT molecular complexity index is 385. The van der Waals surface area contributed by atoms with Gasteiger partial charge in [-0.1, -0.05) is 20.8 Å². The molecule has 20 heavy (non-hydrogen) atoms. The van der Waals surface area contributed by atoms with E-state index in [1.807, 2.05) is 24.3 Å². The average Bonchev–Trinajstić information content (AvgIpc) is 2.43. The van der Waals surface area contributed by atoms with Crippen LogP contribution < -0.4 is 9.64 Å². The summed E-state index contributed by atoms with van der Waals surface area (Å²) in [5.41, 5.74) is 0.902. The summed E-state index contributed by atoms with van der Waals surface area (Å²) in [5, 5.41) is 0. The molecule has 4 nitrogen and oxygen atoms in total. The maximum absolute atomic E-state index is 10.9. The lowest BCUT2D eigenvalue weighted by Crippen LogP contribution is -2.25. The third-order valence-electron chi connectivity index (χ3n) is 2.90. The van der Waals surface area contributed by atoms with Crippen LogP contribution in [0.1, 0.15) is 20.8 Å². The van der Waals surface area contributed by atoms with E-state index in [1.54, 1.807) is 12.0 Å². The Morgan fingerprint density at radius 2 is 1.90 bits per heavy atom. The van der Waals surface area contributed by atoms with E-state index in [0.29, 0.717) is 5.92 Å². The molecule has 1 fully saturated rings. The molecule has 0 aliphatic carbocycles. The molecule has 0 atom stereocenters. The molecule has 0 bridgehead atoms. The number of benzene rings is 1. The highest BCUT2D eigenvalue weighted by Crippen LogP contribution is 2.18. The Kier molecular flexibility index (Phi) is 7.09. The zero-order valence-corrected chi connectivity index (χ0v) is 12.8. The molecule has 1 saturated heterocycles. The number of ether oxygens (including phenoxy) is 2. The van der Waals surface area contributed by atoms with Gasteiger partial charge < -0.3 is 14.4 Å². The van der Waals surface area contributed by atoms with E-state index >= 15 is 0 Å². The third-order valence-corrected chi connectivity index (χ3v) is 2.90.